The fraction of sp³-hybridized carbons (Fsp3) is 0.571. The van der Waals surface area contributed by atoms with Crippen LogP contribution in [0.25, 0.3) is 0 Å². The van der Waals surface area contributed by atoms with Crippen LogP contribution in [0.2, 0.25) is 0 Å². The molecular formula is C14H21N3O. The highest BCUT2D eigenvalue weighted by molar-refractivity contribution is 5.73. The Labute approximate surface area is 108 Å². The van der Waals surface area contributed by atoms with Gasteiger partial charge in [0.15, 0.2) is 0 Å². The lowest BCUT2D eigenvalue weighted by atomic mass is 10.1. The molecule has 1 atom stereocenters. The van der Waals surface area contributed by atoms with Gasteiger partial charge in [-0.05, 0) is 44.5 Å². The molecule has 2 rings (SSSR count). The molecule has 1 aromatic heterocycles. The number of pyridine rings is 1. The van der Waals surface area contributed by atoms with E-state index in [9.17, 15) is 4.79 Å². The van der Waals surface area contributed by atoms with Crippen molar-refractivity contribution in [2.24, 2.45) is 0 Å². The zero-order valence-electron chi connectivity index (χ0n) is 10.9. The Kier molecular flexibility index (Phi) is 4.70. The van der Waals surface area contributed by atoms with Crippen LogP contribution in [0.15, 0.2) is 24.4 Å². The Morgan fingerprint density at radius 2 is 2.33 bits per heavy atom. The summed E-state index contributed by atoms with van der Waals surface area (Å²) in [6.45, 7) is 4.34. The van der Waals surface area contributed by atoms with Crippen LogP contribution >= 0.6 is 0 Å². The summed E-state index contributed by atoms with van der Waals surface area (Å²) < 4.78 is 0. The van der Waals surface area contributed by atoms with E-state index in [-0.39, 0.29) is 5.91 Å². The summed E-state index contributed by atoms with van der Waals surface area (Å²) in [5, 5.41) is 3.38. The number of hydrogen-bond donors (Lipinski definition) is 1. The molecule has 1 aliphatic heterocycles. The van der Waals surface area contributed by atoms with Crippen molar-refractivity contribution < 1.29 is 4.79 Å². The minimum Gasteiger partial charge on any atom is -0.334 e. The van der Waals surface area contributed by atoms with Gasteiger partial charge >= 0.3 is 0 Å². The highest BCUT2D eigenvalue weighted by Gasteiger charge is 2.22. The van der Waals surface area contributed by atoms with Crippen LogP contribution < -0.4 is 5.32 Å². The van der Waals surface area contributed by atoms with Gasteiger partial charge in [0.2, 0.25) is 5.91 Å². The molecule has 1 aromatic rings. The van der Waals surface area contributed by atoms with Crippen molar-refractivity contribution in [2.45, 2.75) is 38.8 Å². The first-order chi connectivity index (χ1) is 8.77. The number of carbonyl (C=O) groups is 1. The SMILES string of the molecule is CC(=O)N(Cc1ccccn1)C1CCCNCC1. The zero-order valence-corrected chi connectivity index (χ0v) is 10.9. The van der Waals surface area contributed by atoms with Gasteiger partial charge in [0, 0.05) is 19.2 Å². The van der Waals surface area contributed by atoms with Gasteiger partial charge in [-0.15, -0.1) is 0 Å². The lowest BCUT2D eigenvalue weighted by Crippen LogP contribution is -2.39. The lowest BCUT2D eigenvalue weighted by molar-refractivity contribution is -0.132. The van der Waals surface area contributed by atoms with Gasteiger partial charge in [-0.3, -0.25) is 9.78 Å². The molecule has 0 aromatic carbocycles. The van der Waals surface area contributed by atoms with E-state index >= 15 is 0 Å². The fourth-order valence-corrected chi connectivity index (χ4v) is 2.48. The Morgan fingerprint density at radius 1 is 1.44 bits per heavy atom. The molecule has 1 fully saturated rings. The third-order valence-corrected chi connectivity index (χ3v) is 3.45. The van der Waals surface area contributed by atoms with Gasteiger partial charge in [0.25, 0.3) is 0 Å². The van der Waals surface area contributed by atoms with E-state index in [4.69, 9.17) is 0 Å². The van der Waals surface area contributed by atoms with Gasteiger partial charge in [-0.2, -0.15) is 0 Å². The van der Waals surface area contributed by atoms with Crippen molar-refractivity contribution in [3.63, 3.8) is 0 Å². The molecule has 1 N–H and O–H groups in total. The molecule has 18 heavy (non-hydrogen) atoms. The highest BCUT2D eigenvalue weighted by atomic mass is 16.2. The lowest BCUT2D eigenvalue weighted by Gasteiger charge is -2.29. The standard InChI is InChI=1S/C14H21N3O/c1-12(18)17(11-13-5-2-3-9-16-13)14-6-4-8-15-10-7-14/h2-3,5,9,14-15H,4,6-8,10-11H2,1H3. The average molecular weight is 247 g/mol. The maximum atomic E-state index is 11.8. The Morgan fingerprint density at radius 3 is 3.06 bits per heavy atom. The molecule has 0 spiro atoms. The quantitative estimate of drug-likeness (QED) is 0.882. The molecule has 0 bridgehead atoms. The van der Waals surface area contributed by atoms with Crippen LogP contribution in [0.1, 0.15) is 31.9 Å². The molecule has 4 heteroatoms. The van der Waals surface area contributed by atoms with E-state index in [1.54, 1.807) is 13.1 Å². The van der Waals surface area contributed by atoms with E-state index in [1.165, 1.54) is 0 Å². The normalized spacial score (nSPS) is 20.2. The van der Waals surface area contributed by atoms with E-state index in [2.05, 4.69) is 10.3 Å². The molecule has 0 radical (unpaired) electrons. The monoisotopic (exact) mass is 247 g/mol. The fourth-order valence-electron chi connectivity index (χ4n) is 2.48. The molecular weight excluding hydrogens is 226 g/mol. The molecule has 0 saturated carbocycles. The summed E-state index contributed by atoms with van der Waals surface area (Å²) in [5.41, 5.74) is 0.963. The first-order valence-electron chi connectivity index (χ1n) is 6.65. The summed E-state index contributed by atoms with van der Waals surface area (Å²) in [4.78, 5) is 18.1. The highest BCUT2D eigenvalue weighted by Crippen LogP contribution is 2.16. The van der Waals surface area contributed by atoms with Gasteiger partial charge in [0.05, 0.1) is 12.2 Å². The van der Waals surface area contributed by atoms with Crippen molar-refractivity contribution in [2.75, 3.05) is 13.1 Å². The van der Waals surface area contributed by atoms with Gasteiger partial charge in [0.1, 0.15) is 0 Å². The van der Waals surface area contributed by atoms with Crippen LogP contribution in [0.5, 0.6) is 0 Å². The van der Waals surface area contributed by atoms with Crippen LogP contribution in [0.3, 0.4) is 0 Å². The second kappa shape index (κ2) is 6.50. The van der Waals surface area contributed by atoms with Crippen LogP contribution in [-0.4, -0.2) is 34.9 Å². The van der Waals surface area contributed by atoms with Gasteiger partial charge in [-0.25, -0.2) is 0 Å². The van der Waals surface area contributed by atoms with Crippen LogP contribution in [0, 0.1) is 0 Å². The summed E-state index contributed by atoms with van der Waals surface area (Å²) in [7, 11) is 0. The van der Waals surface area contributed by atoms with E-state index in [0.29, 0.717) is 12.6 Å². The summed E-state index contributed by atoms with van der Waals surface area (Å²) in [6, 6.07) is 6.19. The summed E-state index contributed by atoms with van der Waals surface area (Å²) in [6.07, 6.45) is 5.03. The Hall–Kier alpha value is -1.42. The Bertz CT molecular complexity index is 372. The third kappa shape index (κ3) is 3.53. The minimum absolute atomic E-state index is 0.146. The number of nitrogens with zero attached hydrogens (tertiary/aromatic N) is 2. The Balaban J connectivity index is 2.05. The second-order valence-corrected chi connectivity index (χ2v) is 4.80. The molecule has 1 amide bonds. The minimum atomic E-state index is 0.146. The van der Waals surface area contributed by atoms with Crippen molar-refractivity contribution >= 4 is 5.91 Å². The van der Waals surface area contributed by atoms with Gasteiger partial charge < -0.3 is 10.2 Å². The molecule has 4 nitrogen and oxygen atoms in total. The van der Waals surface area contributed by atoms with E-state index in [0.717, 1.165) is 38.0 Å². The maximum Gasteiger partial charge on any atom is 0.220 e. The second-order valence-electron chi connectivity index (χ2n) is 4.80. The number of nitrogens with one attached hydrogen (secondary N) is 1. The van der Waals surface area contributed by atoms with Crippen molar-refractivity contribution in [1.82, 2.24) is 15.2 Å². The number of hydrogen-bond acceptors (Lipinski definition) is 3. The molecule has 1 unspecified atom stereocenters. The van der Waals surface area contributed by atoms with E-state index < -0.39 is 0 Å². The predicted octanol–water partition coefficient (Wildman–Crippen LogP) is 1.57. The van der Waals surface area contributed by atoms with Crippen LogP contribution in [0.4, 0.5) is 0 Å². The van der Waals surface area contributed by atoms with Crippen molar-refractivity contribution in [3.05, 3.63) is 30.1 Å². The maximum absolute atomic E-state index is 11.8. The topological polar surface area (TPSA) is 45.2 Å². The number of rotatable bonds is 3. The molecule has 2 heterocycles. The number of aromatic nitrogens is 1. The molecule has 1 aliphatic rings. The summed E-state index contributed by atoms with van der Waals surface area (Å²) >= 11 is 0. The van der Waals surface area contributed by atoms with Gasteiger partial charge in [-0.1, -0.05) is 6.07 Å². The molecule has 98 valence electrons. The number of carbonyl (C=O) groups excluding carboxylic acids is 1. The zero-order chi connectivity index (χ0) is 12.8. The number of amides is 1. The van der Waals surface area contributed by atoms with Crippen molar-refractivity contribution in [1.29, 1.82) is 0 Å². The molecule has 1 saturated heterocycles. The van der Waals surface area contributed by atoms with E-state index in [1.807, 2.05) is 23.1 Å². The smallest absolute Gasteiger partial charge is 0.220 e. The predicted molar refractivity (Wildman–Crippen MR) is 71.0 cm³/mol. The average Bonchev–Trinajstić information content (AvgIpc) is 2.65. The van der Waals surface area contributed by atoms with Crippen LogP contribution in [-0.2, 0) is 11.3 Å². The first-order valence-corrected chi connectivity index (χ1v) is 6.65. The first kappa shape index (κ1) is 13.0. The third-order valence-electron chi connectivity index (χ3n) is 3.45. The van der Waals surface area contributed by atoms with Crippen molar-refractivity contribution in [3.8, 4) is 0 Å². The summed E-state index contributed by atoms with van der Waals surface area (Å²) in [5.74, 6) is 0.146. The molecule has 0 aliphatic carbocycles. The largest absolute Gasteiger partial charge is 0.334 e.